The van der Waals surface area contributed by atoms with Crippen LogP contribution < -0.4 is 15.4 Å². The zero-order chi connectivity index (χ0) is 22.5. The normalized spacial score (nSPS) is 10.4. The van der Waals surface area contributed by atoms with Crippen molar-refractivity contribution in [3.63, 3.8) is 0 Å². The number of benzene rings is 3. The Bertz CT molecular complexity index is 1260. The van der Waals surface area contributed by atoms with Gasteiger partial charge in [0.15, 0.2) is 0 Å². The number of halogens is 1. The van der Waals surface area contributed by atoms with E-state index in [0.717, 1.165) is 10.6 Å². The lowest BCUT2D eigenvalue weighted by molar-refractivity contribution is 0.101. The zero-order valence-corrected chi connectivity index (χ0v) is 18.4. The van der Waals surface area contributed by atoms with Gasteiger partial charge in [-0.05, 0) is 42.5 Å². The van der Waals surface area contributed by atoms with Gasteiger partial charge < -0.3 is 10.1 Å². The standard InChI is InChI=1S/C23H17ClN4O3S/c1-31-19-12-9-16(24)13-18(19)21(30)25-17-10-7-14(8-11-17)20(29)26-23-28-27-22(32-23)15-5-3-2-4-6-15/h2-13H,1H3,(H,25,30)(H,26,28,29). The third kappa shape index (κ3) is 4.93. The third-order valence-corrected chi connectivity index (χ3v) is 5.60. The van der Waals surface area contributed by atoms with E-state index >= 15 is 0 Å². The summed E-state index contributed by atoms with van der Waals surface area (Å²) in [5, 5.41) is 15.2. The number of carbonyl (C=O) groups excluding carboxylic acids is 2. The summed E-state index contributed by atoms with van der Waals surface area (Å²) in [6.07, 6.45) is 0. The average molecular weight is 465 g/mol. The second-order valence-corrected chi connectivity index (χ2v) is 8.02. The van der Waals surface area contributed by atoms with Gasteiger partial charge in [-0.1, -0.05) is 53.3 Å². The van der Waals surface area contributed by atoms with E-state index in [0.29, 0.717) is 32.7 Å². The molecule has 0 spiro atoms. The summed E-state index contributed by atoms with van der Waals surface area (Å²) in [6, 6.07) is 20.9. The molecule has 4 aromatic rings. The Kier molecular flexibility index (Phi) is 6.44. The van der Waals surface area contributed by atoms with E-state index in [1.54, 1.807) is 36.4 Å². The lowest BCUT2D eigenvalue weighted by Crippen LogP contribution is -2.14. The van der Waals surface area contributed by atoms with E-state index in [1.165, 1.54) is 24.5 Å². The fourth-order valence-electron chi connectivity index (χ4n) is 2.90. The maximum Gasteiger partial charge on any atom is 0.259 e. The van der Waals surface area contributed by atoms with Crippen LogP contribution in [-0.2, 0) is 0 Å². The van der Waals surface area contributed by atoms with Crippen LogP contribution in [0.25, 0.3) is 10.6 Å². The first-order valence-corrected chi connectivity index (χ1v) is 10.7. The van der Waals surface area contributed by atoms with Crippen LogP contribution in [-0.4, -0.2) is 29.1 Å². The van der Waals surface area contributed by atoms with E-state index < -0.39 is 0 Å². The molecule has 0 radical (unpaired) electrons. The second-order valence-electron chi connectivity index (χ2n) is 6.61. The monoisotopic (exact) mass is 464 g/mol. The van der Waals surface area contributed by atoms with Gasteiger partial charge in [-0.25, -0.2) is 0 Å². The quantitative estimate of drug-likeness (QED) is 0.400. The Labute approximate surface area is 193 Å². The van der Waals surface area contributed by atoms with Crippen molar-refractivity contribution in [2.75, 3.05) is 17.7 Å². The van der Waals surface area contributed by atoms with Crippen molar-refractivity contribution >= 4 is 45.6 Å². The molecular formula is C23H17ClN4O3S. The topological polar surface area (TPSA) is 93.2 Å². The first-order valence-electron chi connectivity index (χ1n) is 9.49. The Balaban J connectivity index is 1.41. The van der Waals surface area contributed by atoms with Gasteiger partial charge in [0, 0.05) is 21.8 Å². The van der Waals surface area contributed by atoms with E-state index in [-0.39, 0.29) is 11.8 Å². The van der Waals surface area contributed by atoms with Gasteiger partial charge in [-0.3, -0.25) is 14.9 Å². The minimum absolute atomic E-state index is 0.312. The van der Waals surface area contributed by atoms with Crippen LogP contribution in [0.15, 0.2) is 72.8 Å². The van der Waals surface area contributed by atoms with Crippen molar-refractivity contribution in [1.29, 1.82) is 0 Å². The number of aromatic nitrogens is 2. The summed E-state index contributed by atoms with van der Waals surface area (Å²) in [6.45, 7) is 0. The molecule has 0 aliphatic heterocycles. The summed E-state index contributed by atoms with van der Waals surface area (Å²) >= 11 is 7.28. The van der Waals surface area contributed by atoms with Gasteiger partial charge in [0.05, 0.1) is 12.7 Å². The lowest BCUT2D eigenvalue weighted by atomic mass is 10.1. The van der Waals surface area contributed by atoms with Crippen LogP contribution in [0.3, 0.4) is 0 Å². The van der Waals surface area contributed by atoms with Gasteiger partial charge in [0.1, 0.15) is 10.8 Å². The number of nitrogens with one attached hydrogen (secondary N) is 2. The fraction of sp³-hybridized carbons (Fsp3) is 0.0435. The molecule has 0 fully saturated rings. The Morgan fingerprint density at radius 3 is 2.38 bits per heavy atom. The van der Waals surface area contributed by atoms with Crippen LogP contribution in [0.4, 0.5) is 10.8 Å². The highest BCUT2D eigenvalue weighted by atomic mass is 35.5. The average Bonchev–Trinajstić information content (AvgIpc) is 3.28. The highest BCUT2D eigenvalue weighted by Gasteiger charge is 2.15. The fourth-order valence-corrected chi connectivity index (χ4v) is 3.82. The minimum atomic E-state index is -0.371. The molecule has 160 valence electrons. The molecule has 3 aromatic carbocycles. The smallest absolute Gasteiger partial charge is 0.259 e. The van der Waals surface area contributed by atoms with Gasteiger partial charge >= 0.3 is 0 Å². The van der Waals surface area contributed by atoms with E-state index in [4.69, 9.17) is 16.3 Å². The molecule has 0 unspecified atom stereocenters. The largest absolute Gasteiger partial charge is 0.496 e. The number of carbonyl (C=O) groups is 2. The van der Waals surface area contributed by atoms with Crippen molar-refractivity contribution < 1.29 is 14.3 Å². The molecule has 0 saturated heterocycles. The molecule has 0 aliphatic rings. The van der Waals surface area contributed by atoms with Crippen molar-refractivity contribution in [3.05, 3.63) is 88.9 Å². The third-order valence-electron chi connectivity index (χ3n) is 4.48. The van der Waals surface area contributed by atoms with Gasteiger partial charge in [0.2, 0.25) is 5.13 Å². The zero-order valence-electron chi connectivity index (χ0n) is 16.8. The van der Waals surface area contributed by atoms with Crippen LogP contribution in [0.5, 0.6) is 5.75 Å². The first-order chi connectivity index (χ1) is 15.5. The van der Waals surface area contributed by atoms with Crippen molar-refractivity contribution in [1.82, 2.24) is 10.2 Å². The van der Waals surface area contributed by atoms with E-state index in [9.17, 15) is 9.59 Å². The molecule has 2 N–H and O–H groups in total. The summed E-state index contributed by atoms with van der Waals surface area (Å²) < 4.78 is 5.21. The lowest BCUT2D eigenvalue weighted by Gasteiger charge is -2.10. The second kappa shape index (κ2) is 9.59. The van der Waals surface area contributed by atoms with E-state index in [1.807, 2.05) is 30.3 Å². The van der Waals surface area contributed by atoms with Crippen LogP contribution >= 0.6 is 22.9 Å². The summed E-state index contributed by atoms with van der Waals surface area (Å²) in [5.41, 5.74) is 2.19. The number of anilines is 2. The molecule has 1 heterocycles. The molecule has 0 atom stereocenters. The molecular weight excluding hydrogens is 448 g/mol. The van der Waals surface area contributed by atoms with Crippen molar-refractivity contribution in [2.45, 2.75) is 0 Å². The molecule has 1 aromatic heterocycles. The Morgan fingerprint density at radius 1 is 0.906 bits per heavy atom. The van der Waals surface area contributed by atoms with Gasteiger partial charge in [0.25, 0.3) is 11.8 Å². The molecule has 32 heavy (non-hydrogen) atoms. The molecule has 0 bridgehead atoms. The number of amides is 2. The summed E-state index contributed by atoms with van der Waals surface area (Å²) in [4.78, 5) is 25.1. The van der Waals surface area contributed by atoms with E-state index in [2.05, 4.69) is 20.8 Å². The number of ether oxygens (including phenoxy) is 1. The van der Waals surface area contributed by atoms with Crippen LogP contribution in [0, 0.1) is 0 Å². The van der Waals surface area contributed by atoms with Crippen LogP contribution in [0.2, 0.25) is 5.02 Å². The van der Waals surface area contributed by atoms with Crippen molar-refractivity contribution in [3.8, 4) is 16.3 Å². The highest BCUT2D eigenvalue weighted by Crippen LogP contribution is 2.27. The molecule has 0 aliphatic carbocycles. The predicted octanol–water partition coefficient (Wildman–Crippen LogP) is 5.37. The molecule has 0 saturated carbocycles. The van der Waals surface area contributed by atoms with Gasteiger partial charge in [-0.15, -0.1) is 10.2 Å². The number of methoxy groups -OCH3 is 1. The molecule has 9 heteroatoms. The Morgan fingerprint density at radius 2 is 1.66 bits per heavy atom. The molecule has 4 rings (SSSR count). The number of nitrogens with zero attached hydrogens (tertiary/aromatic N) is 2. The summed E-state index contributed by atoms with van der Waals surface area (Å²) in [7, 11) is 1.48. The highest BCUT2D eigenvalue weighted by molar-refractivity contribution is 7.18. The van der Waals surface area contributed by atoms with Crippen molar-refractivity contribution in [2.24, 2.45) is 0 Å². The minimum Gasteiger partial charge on any atom is -0.496 e. The maximum absolute atomic E-state index is 12.6. The maximum atomic E-state index is 12.6. The van der Waals surface area contributed by atoms with Crippen LogP contribution in [0.1, 0.15) is 20.7 Å². The molecule has 2 amide bonds. The number of hydrogen-bond donors (Lipinski definition) is 2. The molecule has 7 nitrogen and oxygen atoms in total. The Hall–Kier alpha value is -3.75. The predicted molar refractivity (Wildman–Crippen MR) is 126 cm³/mol. The number of hydrogen-bond acceptors (Lipinski definition) is 6. The first kappa shape index (κ1) is 21.5. The summed E-state index contributed by atoms with van der Waals surface area (Å²) in [5.74, 6) is -0.283. The van der Waals surface area contributed by atoms with Gasteiger partial charge in [-0.2, -0.15) is 0 Å². The number of rotatable bonds is 6. The SMILES string of the molecule is COc1ccc(Cl)cc1C(=O)Nc1ccc(C(=O)Nc2nnc(-c3ccccc3)s2)cc1.